The third-order valence-electron chi connectivity index (χ3n) is 5.32. The predicted molar refractivity (Wildman–Crippen MR) is 144 cm³/mol. The smallest absolute Gasteiger partial charge is 0.341 e. The number of aryl methyl sites for hydroxylation is 1. The number of anilines is 2. The molecule has 6 nitrogen and oxygen atoms in total. The number of ether oxygens (including phenoxy) is 1. The third-order valence-corrected chi connectivity index (χ3v) is 7.57. The van der Waals surface area contributed by atoms with Crippen molar-refractivity contribution in [1.29, 1.82) is 0 Å². The number of thiophene rings is 1. The second kappa shape index (κ2) is 12.6. The summed E-state index contributed by atoms with van der Waals surface area (Å²) in [6.07, 6.45) is 1.83. The Morgan fingerprint density at radius 2 is 1.80 bits per heavy atom. The highest BCUT2D eigenvalue weighted by molar-refractivity contribution is 8.00. The zero-order valence-electron chi connectivity index (χ0n) is 20.3. The summed E-state index contributed by atoms with van der Waals surface area (Å²) >= 11 is 2.73. The fourth-order valence-electron chi connectivity index (χ4n) is 3.48. The van der Waals surface area contributed by atoms with Crippen LogP contribution < -0.4 is 10.6 Å². The SMILES string of the molecule is CCCC(=O)Nc1cccc(SC(CC)C(=O)Nc2scc(-c3ccc(C)cc3)c2C(=O)OC)c1. The van der Waals surface area contributed by atoms with Gasteiger partial charge in [-0.1, -0.05) is 49.7 Å². The highest BCUT2D eigenvalue weighted by Gasteiger charge is 2.25. The molecule has 2 aromatic carbocycles. The van der Waals surface area contributed by atoms with E-state index in [0.29, 0.717) is 29.1 Å². The van der Waals surface area contributed by atoms with Crippen LogP contribution in [0, 0.1) is 6.92 Å². The second-order valence-electron chi connectivity index (χ2n) is 8.04. The number of hydrogen-bond acceptors (Lipinski definition) is 6. The van der Waals surface area contributed by atoms with Gasteiger partial charge in [0.05, 0.1) is 12.4 Å². The predicted octanol–water partition coefficient (Wildman–Crippen LogP) is 6.76. The Morgan fingerprint density at radius 3 is 2.46 bits per heavy atom. The monoisotopic (exact) mass is 510 g/mol. The van der Waals surface area contributed by atoms with E-state index < -0.39 is 5.97 Å². The van der Waals surface area contributed by atoms with Crippen molar-refractivity contribution in [3.63, 3.8) is 0 Å². The molecule has 3 aromatic rings. The van der Waals surface area contributed by atoms with Crippen molar-refractivity contribution in [2.75, 3.05) is 17.7 Å². The molecule has 3 rings (SSSR count). The Hall–Kier alpha value is -3.10. The number of benzene rings is 2. The average molecular weight is 511 g/mol. The molecule has 2 amide bonds. The topological polar surface area (TPSA) is 84.5 Å². The summed E-state index contributed by atoms with van der Waals surface area (Å²) in [6, 6.07) is 15.3. The normalized spacial score (nSPS) is 11.5. The van der Waals surface area contributed by atoms with Gasteiger partial charge in [-0.05, 0) is 43.5 Å². The summed E-state index contributed by atoms with van der Waals surface area (Å²) in [6.45, 7) is 5.90. The van der Waals surface area contributed by atoms with Gasteiger partial charge in [0.25, 0.3) is 0 Å². The van der Waals surface area contributed by atoms with Crippen LogP contribution in [-0.2, 0) is 14.3 Å². The van der Waals surface area contributed by atoms with Crippen molar-refractivity contribution in [3.8, 4) is 11.1 Å². The number of nitrogens with one attached hydrogen (secondary N) is 2. The summed E-state index contributed by atoms with van der Waals surface area (Å²) in [5.41, 5.74) is 3.80. The van der Waals surface area contributed by atoms with Crippen LogP contribution in [0.5, 0.6) is 0 Å². The molecule has 0 spiro atoms. The van der Waals surface area contributed by atoms with Gasteiger partial charge < -0.3 is 15.4 Å². The van der Waals surface area contributed by atoms with E-state index >= 15 is 0 Å². The van der Waals surface area contributed by atoms with Gasteiger partial charge in [-0.25, -0.2) is 4.79 Å². The minimum atomic E-state index is -0.492. The molecule has 0 radical (unpaired) electrons. The number of carbonyl (C=O) groups is 3. The lowest BCUT2D eigenvalue weighted by atomic mass is 10.0. The lowest BCUT2D eigenvalue weighted by Crippen LogP contribution is -2.25. The molecular weight excluding hydrogens is 480 g/mol. The molecule has 8 heteroatoms. The summed E-state index contributed by atoms with van der Waals surface area (Å²) in [5.74, 6) is -0.717. The van der Waals surface area contributed by atoms with Crippen LogP contribution in [0.1, 0.15) is 49.0 Å². The van der Waals surface area contributed by atoms with Gasteiger partial charge >= 0.3 is 5.97 Å². The van der Waals surface area contributed by atoms with E-state index in [1.165, 1.54) is 30.2 Å². The molecular formula is C27H30N2O4S2. The van der Waals surface area contributed by atoms with Crippen molar-refractivity contribution in [3.05, 3.63) is 65.0 Å². The van der Waals surface area contributed by atoms with Crippen molar-refractivity contribution >= 4 is 51.6 Å². The van der Waals surface area contributed by atoms with Crippen LogP contribution in [0.2, 0.25) is 0 Å². The highest BCUT2D eigenvalue weighted by atomic mass is 32.2. The lowest BCUT2D eigenvalue weighted by molar-refractivity contribution is -0.116. The van der Waals surface area contributed by atoms with Crippen molar-refractivity contribution < 1.29 is 19.1 Å². The van der Waals surface area contributed by atoms with E-state index in [4.69, 9.17) is 4.74 Å². The van der Waals surface area contributed by atoms with E-state index in [-0.39, 0.29) is 17.1 Å². The zero-order valence-corrected chi connectivity index (χ0v) is 22.0. The van der Waals surface area contributed by atoms with Gasteiger partial charge in [-0.3, -0.25) is 9.59 Å². The van der Waals surface area contributed by atoms with Crippen molar-refractivity contribution in [2.45, 2.75) is 50.2 Å². The van der Waals surface area contributed by atoms with Crippen LogP contribution in [-0.4, -0.2) is 30.1 Å². The largest absolute Gasteiger partial charge is 0.465 e. The summed E-state index contributed by atoms with van der Waals surface area (Å²) < 4.78 is 5.02. The van der Waals surface area contributed by atoms with E-state index in [0.717, 1.165) is 28.0 Å². The summed E-state index contributed by atoms with van der Waals surface area (Å²) in [5, 5.41) is 7.79. The molecule has 184 valence electrons. The lowest BCUT2D eigenvalue weighted by Gasteiger charge is -2.16. The molecule has 1 aromatic heterocycles. The maximum Gasteiger partial charge on any atom is 0.341 e. The first-order valence-electron chi connectivity index (χ1n) is 11.5. The van der Waals surface area contributed by atoms with Gasteiger partial charge in [0.1, 0.15) is 10.6 Å². The number of methoxy groups -OCH3 is 1. The fourth-order valence-corrected chi connectivity index (χ4v) is 5.45. The van der Waals surface area contributed by atoms with E-state index in [2.05, 4.69) is 10.6 Å². The highest BCUT2D eigenvalue weighted by Crippen LogP contribution is 2.37. The standard InChI is InChI=1S/C27H30N2O4S2/c1-5-8-23(30)28-19-9-7-10-20(15-19)35-22(6-2)25(31)29-26-24(27(32)33-4)21(16-34-26)18-13-11-17(3)12-14-18/h7,9-16,22H,5-6,8H2,1-4H3,(H,28,30)(H,29,31). The van der Waals surface area contributed by atoms with Gasteiger partial charge in [-0.2, -0.15) is 0 Å². The Labute approximate surface area is 214 Å². The van der Waals surface area contributed by atoms with Gasteiger partial charge in [-0.15, -0.1) is 23.1 Å². The van der Waals surface area contributed by atoms with Crippen LogP contribution in [0.15, 0.2) is 58.8 Å². The Bertz CT molecular complexity index is 1190. The van der Waals surface area contributed by atoms with Crippen LogP contribution in [0.25, 0.3) is 11.1 Å². The van der Waals surface area contributed by atoms with Crippen LogP contribution in [0.3, 0.4) is 0 Å². The van der Waals surface area contributed by atoms with Gasteiger partial charge in [0, 0.05) is 27.9 Å². The van der Waals surface area contributed by atoms with Crippen molar-refractivity contribution in [2.24, 2.45) is 0 Å². The third kappa shape index (κ3) is 6.96. The second-order valence-corrected chi connectivity index (χ2v) is 10.2. The van der Waals surface area contributed by atoms with Gasteiger partial charge in [0.2, 0.25) is 11.8 Å². The maximum atomic E-state index is 13.2. The van der Waals surface area contributed by atoms with Crippen LogP contribution in [0.4, 0.5) is 10.7 Å². The number of carbonyl (C=O) groups excluding carboxylic acids is 3. The van der Waals surface area contributed by atoms with E-state index in [1.54, 1.807) is 0 Å². The molecule has 1 atom stereocenters. The number of thioether (sulfide) groups is 1. The molecule has 0 bridgehead atoms. The first-order chi connectivity index (χ1) is 16.9. The van der Waals surface area contributed by atoms with Gasteiger partial charge in [0.15, 0.2) is 0 Å². The molecule has 0 aliphatic carbocycles. The van der Waals surface area contributed by atoms with Crippen LogP contribution >= 0.6 is 23.1 Å². The molecule has 0 saturated carbocycles. The number of esters is 1. The molecule has 0 saturated heterocycles. The Balaban J connectivity index is 1.79. The zero-order chi connectivity index (χ0) is 25.4. The number of rotatable bonds is 10. The minimum absolute atomic E-state index is 0.0307. The molecule has 1 heterocycles. The molecule has 0 aliphatic rings. The minimum Gasteiger partial charge on any atom is -0.465 e. The maximum absolute atomic E-state index is 13.2. The van der Waals surface area contributed by atoms with E-state index in [9.17, 15) is 14.4 Å². The first-order valence-corrected chi connectivity index (χ1v) is 13.3. The molecule has 1 unspecified atom stereocenters. The fraction of sp³-hybridized carbons (Fsp3) is 0.296. The first kappa shape index (κ1) is 26.5. The summed E-state index contributed by atoms with van der Waals surface area (Å²) in [7, 11) is 1.33. The van der Waals surface area contributed by atoms with Crippen molar-refractivity contribution in [1.82, 2.24) is 0 Å². The molecule has 2 N–H and O–H groups in total. The Morgan fingerprint density at radius 1 is 1.06 bits per heavy atom. The molecule has 0 aliphatic heterocycles. The average Bonchev–Trinajstić information content (AvgIpc) is 3.26. The molecule has 0 fully saturated rings. The van der Waals surface area contributed by atoms with E-state index in [1.807, 2.05) is 74.7 Å². The number of hydrogen-bond donors (Lipinski definition) is 2. The summed E-state index contributed by atoms with van der Waals surface area (Å²) in [4.78, 5) is 38.6. The Kier molecular flexibility index (Phi) is 9.51. The quantitative estimate of drug-likeness (QED) is 0.233. The number of amides is 2. The molecule has 35 heavy (non-hydrogen) atoms.